The number of rotatable bonds is 2. The number of aromatic nitrogens is 2. The molecule has 0 unspecified atom stereocenters. The smallest absolute Gasteiger partial charge is 0.261 e. The normalized spacial score (nSPS) is 11.9. The minimum absolute atomic E-state index is 0.163. The first kappa shape index (κ1) is 13.5. The van der Waals surface area contributed by atoms with Crippen LogP contribution >= 0.6 is 11.3 Å². The second-order valence-electron chi connectivity index (χ2n) is 4.78. The molecule has 0 saturated heterocycles. The summed E-state index contributed by atoms with van der Waals surface area (Å²) in [5.74, 6) is 0.163. The summed E-state index contributed by atoms with van der Waals surface area (Å²) in [6.45, 7) is 8.08. The van der Waals surface area contributed by atoms with Gasteiger partial charge in [0.1, 0.15) is 4.83 Å². The number of allylic oxidation sites excluding steroid dienone is 4. The highest BCUT2D eigenvalue weighted by Crippen LogP contribution is 2.32. The number of anilines is 1. The van der Waals surface area contributed by atoms with Gasteiger partial charge in [0.2, 0.25) is 5.95 Å². The third-order valence-electron chi connectivity index (χ3n) is 2.84. The summed E-state index contributed by atoms with van der Waals surface area (Å²) in [6.07, 6.45) is 4.12. The van der Waals surface area contributed by atoms with Crippen molar-refractivity contribution in [1.29, 1.82) is 0 Å². The number of hydrogen-bond donors (Lipinski definition) is 2. The van der Waals surface area contributed by atoms with Crippen molar-refractivity contribution in [3.63, 3.8) is 0 Å². The third-order valence-corrected chi connectivity index (χ3v) is 4.16. The molecule has 0 aromatic carbocycles. The number of H-pyrrole nitrogens is 1. The molecule has 2 aromatic heterocycles. The van der Waals surface area contributed by atoms with Crippen molar-refractivity contribution < 1.29 is 0 Å². The summed E-state index contributed by atoms with van der Waals surface area (Å²) >= 11 is 1.50. The van der Waals surface area contributed by atoms with Crippen LogP contribution in [0, 0.1) is 6.92 Å². The predicted octanol–water partition coefficient (Wildman–Crippen LogP) is 3.24. The zero-order valence-corrected chi connectivity index (χ0v) is 12.3. The average Bonchev–Trinajstić information content (AvgIpc) is 2.63. The minimum Gasteiger partial charge on any atom is -0.369 e. The zero-order valence-electron chi connectivity index (χ0n) is 11.5. The SMILES string of the molecule is CC(C)=C/C=C(\C)c1sc2nc(N)[nH]c(=O)c2c1C. The Balaban J connectivity index is 2.67. The van der Waals surface area contributed by atoms with Crippen LogP contribution in [0.4, 0.5) is 5.95 Å². The highest BCUT2D eigenvalue weighted by Gasteiger charge is 2.14. The van der Waals surface area contributed by atoms with E-state index in [2.05, 4.69) is 36.0 Å². The Morgan fingerprint density at radius 3 is 2.63 bits per heavy atom. The predicted molar refractivity (Wildman–Crippen MR) is 82.5 cm³/mol. The van der Waals surface area contributed by atoms with Gasteiger partial charge in [0, 0.05) is 4.88 Å². The van der Waals surface area contributed by atoms with Gasteiger partial charge in [-0.2, -0.15) is 0 Å². The van der Waals surface area contributed by atoms with Gasteiger partial charge in [0.25, 0.3) is 5.56 Å². The number of nitrogens with zero attached hydrogens (tertiary/aromatic N) is 1. The van der Waals surface area contributed by atoms with Crippen LogP contribution in [0.5, 0.6) is 0 Å². The largest absolute Gasteiger partial charge is 0.369 e. The van der Waals surface area contributed by atoms with Crippen LogP contribution in [-0.4, -0.2) is 9.97 Å². The molecule has 2 heterocycles. The maximum atomic E-state index is 11.9. The molecule has 0 bridgehead atoms. The van der Waals surface area contributed by atoms with Gasteiger partial charge in [0.05, 0.1) is 5.39 Å². The average molecular weight is 275 g/mol. The highest BCUT2D eigenvalue weighted by atomic mass is 32.1. The lowest BCUT2D eigenvalue weighted by molar-refractivity contribution is 1.19. The lowest BCUT2D eigenvalue weighted by atomic mass is 10.1. The summed E-state index contributed by atoms with van der Waals surface area (Å²) in [5, 5.41) is 0.638. The number of aryl methyl sites for hydroxylation is 1. The van der Waals surface area contributed by atoms with Gasteiger partial charge < -0.3 is 5.73 Å². The standard InChI is InChI=1S/C14H17N3OS/c1-7(2)5-6-8(3)11-9(4)10-12(18)16-14(15)17-13(10)19-11/h5-6H,1-4H3,(H3,15,16,17,18)/b8-6+. The van der Waals surface area contributed by atoms with Crippen molar-refractivity contribution in [3.8, 4) is 0 Å². The molecule has 0 aliphatic carbocycles. The van der Waals surface area contributed by atoms with Crippen molar-refractivity contribution in [2.45, 2.75) is 27.7 Å². The number of fused-ring (bicyclic) bond motifs is 1. The van der Waals surface area contributed by atoms with Crippen molar-refractivity contribution in [3.05, 3.63) is 38.5 Å². The van der Waals surface area contributed by atoms with Gasteiger partial charge >= 0.3 is 0 Å². The first-order valence-electron chi connectivity index (χ1n) is 6.01. The lowest BCUT2D eigenvalue weighted by Crippen LogP contribution is -2.10. The molecule has 0 radical (unpaired) electrons. The highest BCUT2D eigenvalue weighted by molar-refractivity contribution is 7.19. The number of hydrogen-bond acceptors (Lipinski definition) is 4. The molecule has 3 N–H and O–H groups in total. The second kappa shape index (κ2) is 5.01. The Morgan fingerprint density at radius 2 is 2.00 bits per heavy atom. The lowest BCUT2D eigenvalue weighted by Gasteiger charge is -1.98. The van der Waals surface area contributed by atoms with E-state index in [0.29, 0.717) is 10.2 Å². The van der Waals surface area contributed by atoms with Crippen molar-refractivity contribution >= 4 is 33.1 Å². The molecule has 0 aliphatic rings. The molecular formula is C14H17N3OS. The molecule has 100 valence electrons. The van der Waals surface area contributed by atoms with Crippen molar-refractivity contribution in [1.82, 2.24) is 9.97 Å². The molecule has 0 spiro atoms. The van der Waals surface area contributed by atoms with E-state index < -0.39 is 0 Å². The first-order valence-corrected chi connectivity index (χ1v) is 6.83. The summed E-state index contributed by atoms with van der Waals surface area (Å²) < 4.78 is 0. The van der Waals surface area contributed by atoms with Crippen LogP contribution in [0.25, 0.3) is 15.8 Å². The number of nitrogens with one attached hydrogen (secondary N) is 1. The molecule has 0 fully saturated rings. The Morgan fingerprint density at radius 1 is 1.32 bits per heavy atom. The fourth-order valence-corrected chi connectivity index (χ4v) is 3.07. The topological polar surface area (TPSA) is 71.8 Å². The summed E-state index contributed by atoms with van der Waals surface area (Å²) in [6, 6.07) is 0. The monoisotopic (exact) mass is 275 g/mol. The summed E-state index contributed by atoms with van der Waals surface area (Å²) in [4.78, 5) is 20.4. The van der Waals surface area contributed by atoms with Crippen LogP contribution in [0.3, 0.4) is 0 Å². The van der Waals surface area contributed by atoms with Crippen molar-refractivity contribution in [2.24, 2.45) is 0 Å². The van der Waals surface area contributed by atoms with E-state index in [1.165, 1.54) is 16.9 Å². The maximum Gasteiger partial charge on any atom is 0.261 e. The van der Waals surface area contributed by atoms with E-state index >= 15 is 0 Å². The third kappa shape index (κ3) is 2.61. The molecule has 0 saturated carbocycles. The van der Waals surface area contributed by atoms with E-state index in [0.717, 1.165) is 16.0 Å². The van der Waals surface area contributed by atoms with Crippen LogP contribution in [0.2, 0.25) is 0 Å². The molecule has 4 nitrogen and oxygen atoms in total. The van der Waals surface area contributed by atoms with Crippen molar-refractivity contribution in [2.75, 3.05) is 5.73 Å². The molecule has 0 aliphatic heterocycles. The van der Waals surface area contributed by atoms with E-state index in [9.17, 15) is 4.79 Å². The fourth-order valence-electron chi connectivity index (χ4n) is 1.90. The number of nitrogens with two attached hydrogens (primary N) is 1. The Labute approximate surface area is 115 Å². The van der Waals surface area contributed by atoms with E-state index in [1.54, 1.807) is 0 Å². The molecule has 5 heteroatoms. The van der Waals surface area contributed by atoms with Crippen LogP contribution < -0.4 is 11.3 Å². The molecule has 2 rings (SSSR count). The van der Waals surface area contributed by atoms with E-state index in [-0.39, 0.29) is 11.5 Å². The summed E-state index contributed by atoms with van der Waals surface area (Å²) in [5.41, 5.74) is 8.73. The van der Waals surface area contributed by atoms with Gasteiger partial charge in [-0.1, -0.05) is 17.7 Å². The first-order chi connectivity index (χ1) is 8.90. The summed E-state index contributed by atoms with van der Waals surface area (Å²) in [7, 11) is 0. The van der Waals surface area contributed by atoms with Gasteiger partial charge in [-0.25, -0.2) is 4.98 Å². The van der Waals surface area contributed by atoms with Crippen LogP contribution in [0.15, 0.2) is 22.5 Å². The van der Waals surface area contributed by atoms with Crippen LogP contribution in [-0.2, 0) is 0 Å². The van der Waals surface area contributed by atoms with E-state index in [1.807, 2.05) is 13.8 Å². The molecule has 0 atom stereocenters. The maximum absolute atomic E-state index is 11.9. The number of nitrogen functional groups attached to an aromatic ring is 1. The van der Waals surface area contributed by atoms with Crippen LogP contribution in [0.1, 0.15) is 31.2 Å². The fraction of sp³-hybridized carbons (Fsp3) is 0.286. The quantitative estimate of drug-likeness (QED) is 0.826. The zero-order chi connectivity index (χ0) is 14.2. The molecule has 2 aromatic rings. The molecular weight excluding hydrogens is 258 g/mol. The number of aromatic amines is 1. The molecule has 19 heavy (non-hydrogen) atoms. The van der Waals surface area contributed by atoms with Gasteiger partial charge in [0.15, 0.2) is 0 Å². The van der Waals surface area contributed by atoms with Gasteiger partial charge in [-0.3, -0.25) is 9.78 Å². The Kier molecular flexibility index (Phi) is 3.57. The Bertz CT molecular complexity index is 746. The second-order valence-corrected chi connectivity index (χ2v) is 5.78. The number of thiophene rings is 1. The Hall–Kier alpha value is -1.88. The van der Waals surface area contributed by atoms with E-state index in [4.69, 9.17) is 5.73 Å². The van der Waals surface area contributed by atoms with Gasteiger partial charge in [-0.15, -0.1) is 11.3 Å². The minimum atomic E-state index is -0.169. The molecule has 0 amide bonds. The van der Waals surface area contributed by atoms with Gasteiger partial charge in [-0.05, 0) is 38.8 Å².